The van der Waals surface area contributed by atoms with E-state index in [1.54, 1.807) is 11.3 Å². The molecule has 2 amide bonds. The molecule has 0 unspecified atom stereocenters. The van der Waals surface area contributed by atoms with Crippen LogP contribution in [0.25, 0.3) is 20.5 Å². The molecule has 0 saturated carbocycles. The van der Waals surface area contributed by atoms with Crippen molar-refractivity contribution in [3.63, 3.8) is 0 Å². The van der Waals surface area contributed by atoms with Gasteiger partial charge in [0.25, 0.3) is 0 Å². The number of rotatable bonds is 2. The summed E-state index contributed by atoms with van der Waals surface area (Å²) < 4.78 is 6.46. The Kier molecular flexibility index (Phi) is 4.61. The first kappa shape index (κ1) is 18.0. The fourth-order valence-corrected chi connectivity index (χ4v) is 4.83. The lowest BCUT2D eigenvalue weighted by molar-refractivity contribution is -0.145. The molecule has 1 N–H and O–H groups in total. The SMILES string of the molecule is O=C(Nc1cc2c(c(-c3cc4ccccc4s3)c1)CN=C2)C(=O)N1CCOCC1. The van der Waals surface area contributed by atoms with E-state index in [9.17, 15) is 9.59 Å². The summed E-state index contributed by atoms with van der Waals surface area (Å²) in [4.78, 5) is 32.0. The summed E-state index contributed by atoms with van der Waals surface area (Å²) in [5.41, 5.74) is 3.79. The molecule has 3 aromatic rings. The number of aliphatic imine (C=N–C) groups is 1. The summed E-state index contributed by atoms with van der Waals surface area (Å²) in [6, 6.07) is 14.3. The van der Waals surface area contributed by atoms with Crippen LogP contribution in [0.5, 0.6) is 0 Å². The lowest BCUT2D eigenvalue weighted by atomic mass is 10.0. The Balaban J connectivity index is 1.46. The number of ether oxygens (including phenoxy) is 1. The van der Waals surface area contributed by atoms with Gasteiger partial charge in [0.1, 0.15) is 0 Å². The van der Waals surface area contributed by atoms with Crippen LogP contribution >= 0.6 is 11.3 Å². The highest BCUT2D eigenvalue weighted by Gasteiger charge is 2.25. The molecule has 7 heteroatoms. The van der Waals surface area contributed by atoms with Gasteiger partial charge in [0, 0.05) is 40.1 Å². The third-order valence-corrected chi connectivity index (χ3v) is 6.35. The molecular formula is C22H19N3O3S. The standard InChI is InChI=1S/C22H19N3O3S/c26-21(22(27)25-5-7-28-8-6-25)24-16-9-15-12-23-13-18(15)17(11-16)20-10-14-3-1-2-4-19(14)29-20/h1-4,9-12H,5-8,13H2,(H,24,26). The zero-order valence-corrected chi connectivity index (χ0v) is 16.5. The molecule has 1 fully saturated rings. The molecule has 29 heavy (non-hydrogen) atoms. The van der Waals surface area contributed by atoms with Gasteiger partial charge in [-0.1, -0.05) is 18.2 Å². The maximum absolute atomic E-state index is 12.5. The smallest absolute Gasteiger partial charge is 0.313 e. The predicted octanol–water partition coefficient (Wildman–Crippen LogP) is 3.30. The van der Waals surface area contributed by atoms with E-state index in [1.807, 2.05) is 30.5 Å². The van der Waals surface area contributed by atoms with Crippen molar-refractivity contribution >= 4 is 45.1 Å². The maximum Gasteiger partial charge on any atom is 0.313 e. The number of amides is 2. The van der Waals surface area contributed by atoms with Crippen molar-refractivity contribution in [3.05, 3.63) is 53.6 Å². The minimum Gasteiger partial charge on any atom is -0.378 e. The van der Waals surface area contributed by atoms with E-state index < -0.39 is 11.8 Å². The van der Waals surface area contributed by atoms with Crippen LogP contribution in [0.4, 0.5) is 5.69 Å². The van der Waals surface area contributed by atoms with Crippen LogP contribution in [-0.2, 0) is 20.9 Å². The molecule has 6 nitrogen and oxygen atoms in total. The van der Waals surface area contributed by atoms with Crippen molar-refractivity contribution in [2.45, 2.75) is 6.54 Å². The number of hydrogen-bond donors (Lipinski definition) is 1. The number of fused-ring (bicyclic) bond motifs is 2. The Hall–Kier alpha value is -3.03. The summed E-state index contributed by atoms with van der Waals surface area (Å²) in [5.74, 6) is -1.14. The summed E-state index contributed by atoms with van der Waals surface area (Å²) >= 11 is 1.72. The summed E-state index contributed by atoms with van der Waals surface area (Å²) in [5, 5.41) is 3.98. The molecule has 0 bridgehead atoms. The highest BCUT2D eigenvalue weighted by atomic mass is 32.1. The Morgan fingerprint density at radius 1 is 1.10 bits per heavy atom. The van der Waals surface area contributed by atoms with Gasteiger partial charge in [-0.05, 0) is 40.8 Å². The predicted molar refractivity (Wildman–Crippen MR) is 115 cm³/mol. The minimum absolute atomic E-state index is 0.441. The molecular weight excluding hydrogens is 386 g/mol. The monoisotopic (exact) mass is 405 g/mol. The van der Waals surface area contributed by atoms with E-state index in [2.05, 4.69) is 28.5 Å². The topological polar surface area (TPSA) is 71.0 Å². The summed E-state index contributed by atoms with van der Waals surface area (Å²) in [7, 11) is 0. The molecule has 2 aromatic carbocycles. The second kappa shape index (κ2) is 7.42. The lowest BCUT2D eigenvalue weighted by Gasteiger charge is -2.26. The molecule has 5 rings (SSSR count). The number of morpholine rings is 1. The third kappa shape index (κ3) is 3.43. The quantitative estimate of drug-likeness (QED) is 0.665. The van der Waals surface area contributed by atoms with Gasteiger partial charge in [-0.2, -0.15) is 0 Å². The molecule has 0 radical (unpaired) electrons. The van der Waals surface area contributed by atoms with Gasteiger partial charge in [-0.15, -0.1) is 11.3 Å². The van der Waals surface area contributed by atoms with Crippen LogP contribution in [0.15, 0.2) is 47.5 Å². The highest BCUT2D eigenvalue weighted by Crippen LogP contribution is 2.39. The number of nitrogens with one attached hydrogen (secondary N) is 1. The molecule has 0 atom stereocenters. The summed E-state index contributed by atoms with van der Waals surface area (Å²) in [6.45, 7) is 2.43. The van der Waals surface area contributed by atoms with Crippen molar-refractivity contribution in [2.75, 3.05) is 31.6 Å². The van der Waals surface area contributed by atoms with E-state index in [4.69, 9.17) is 4.74 Å². The number of thiophene rings is 1. The van der Waals surface area contributed by atoms with Crippen LogP contribution < -0.4 is 5.32 Å². The van der Waals surface area contributed by atoms with E-state index in [0.29, 0.717) is 38.5 Å². The maximum atomic E-state index is 12.5. The van der Waals surface area contributed by atoms with Crippen molar-refractivity contribution in [1.29, 1.82) is 0 Å². The average Bonchev–Trinajstić information content (AvgIpc) is 3.40. The first-order valence-corrected chi connectivity index (χ1v) is 10.3. The van der Waals surface area contributed by atoms with E-state index in [1.165, 1.54) is 15.0 Å². The molecule has 2 aliphatic rings. The Morgan fingerprint density at radius 3 is 2.76 bits per heavy atom. The number of carbonyl (C=O) groups excluding carboxylic acids is 2. The molecule has 1 saturated heterocycles. The Morgan fingerprint density at radius 2 is 1.93 bits per heavy atom. The number of nitrogens with zero attached hydrogens (tertiary/aromatic N) is 2. The number of hydrogen-bond acceptors (Lipinski definition) is 5. The lowest BCUT2D eigenvalue weighted by Crippen LogP contribution is -2.45. The highest BCUT2D eigenvalue weighted by molar-refractivity contribution is 7.22. The second-order valence-corrected chi connectivity index (χ2v) is 8.15. The average molecular weight is 405 g/mol. The first-order valence-electron chi connectivity index (χ1n) is 9.53. The van der Waals surface area contributed by atoms with Crippen molar-refractivity contribution in [1.82, 2.24) is 4.90 Å². The minimum atomic E-state index is -0.621. The van der Waals surface area contributed by atoms with Gasteiger partial charge in [-0.25, -0.2) is 0 Å². The molecule has 3 heterocycles. The largest absolute Gasteiger partial charge is 0.378 e. The molecule has 1 aromatic heterocycles. The van der Waals surface area contributed by atoms with E-state index >= 15 is 0 Å². The number of carbonyl (C=O) groups is 2. The molecule has 146 valence electrons. The van der Waals surface area contributed by atoms with E-state index in [0.717, 1.165) is 21.6 Å². The van der Waals surface area contributed by atoms with Gasteiger partial charge in [0.15, 0.2) is 0 Å². The van der Waals surface area contributed by atoms with Crippen molar-refractivity contribution in [2.24, 2.45) is 4.99 Å². The van der Waals surface area contributed by atoms with Gasteiger partial charge in [0.05, 0.1) is 19.8 Å². The van der Waals surface area contributed by atoms with Gasteiger partial charge >= 0.3 is 11.8 Å². The zero-order chi connectivity index (χ0) is 19.8. The van der Waals surface area contributed by atoms with Crippen molar-refractivity contribution < 1.29 is 14.3 Å². The number of anilines is 1. The van der Waals surface area contributed by atoms with Crippen LogP contribution in [-0.4, -0.2) is 49.2 Å². The second-order valence-electron chi connectivity index (χ2n) is 7.07. The molecule has 0 spiro atoms. The Bertz CT molecular complexity index is 1110. The van der Waals surface area contributed by atoms with Crippen LogP contribution in [0.3, 0.4) is 0 Å². The fraction of sp³-hybridized carbons (Fsp3) is 0.227. The fourth-order valence-electron chi connectivity index (χ4n) is 3.72. The van der Waals surface area contributed by atoms with E-state index in [-0.39, 0.29) is 0 Å². The van der Waals surface area contributed by atoms with Crippen LogP contribution in [0, 0.1) is 0 Å². The van der Waals surface area contributed by atoms with Gasteiger partial charge in [0.2, 0.25) is 0 Å². The summed E-state index contributed by atoms with van der Waals surface area (Å²) in [6.07, 6.45) is 1.83. The molecule has 0 aliphatic carbocycles. The third-order valence-electron chi connectivity index (χ3n) is 5.21. The van der Waals surface area contributed by atoms with Gasteiger partial charge in [-0.3, -0.25) is 14.6 Å². The van der Waals surface area contributed by atoms with Crippen molar-refractivity contribution in [3.8, 4) is 10.4 Å². The first-order chi connectivity index (χ1) is 14.2. The normalized spacial score (nSPS) is 15.5. The number of benzene rings is 2. The van der Waals surface area contributed by atoms with Gasteiger partial charge < -0.3 is 15.0 Å². The Labute approximate surface area is 171 Å². The van der Waals surface area contributed by atoms with Crippen LogP contribution in [0.1, 0.15) is 11.1 Å². The zero-order valence-electron chi connectivity index (χ0n) is 15.7. The van der Waals surface area contributed by atoms with Crippen LogP contribution in [0.2, 0.25) is 0 Å². The molecule has 2 aliphatic heterocycles.